The van der Waals surface area contributed by atoms with Gasteiger partial charge >= 0.3 is 6.09 Å². The molecule has 0 aliphatic rings. The number of nitrogens with one attached hydrogen (secondary N) is 1. The van der Waals surface area contributed by atoms with Gasteiger partial charge in [0.1, 0.15) is 11.6 Å². The number of alkyl carbamates (subject to hydrolysis) is 1. The molecule has 3 aromatic rings. The van der Waals surface area contributed by atoms with Crippen LogP contribution in [0.2, 0.25) is 5.02 Å². The largest absolute Gasteiger partial charge is 0.444 e. The van der Waals surface area contributed by atoms with Crippen LogP contribution < -0.4 is 5.32 Å². The average Bonchev–Trinajstić information content (AvgIpc) is 3.15. The molecular formula is C22H24ClN3O3S. The standard InChI is InChI=1S/C22H24ClN3O3S/c1-22(2,3)29-20(27)24-18(13-15-9-5-4-6-10-15)19-25-26-21(28-19)30-14-16-11-7-8-12-17(16)23/h4-12,18H,13-14H2,1-3H3,(H,24,27)/t18-/m0/s1. The minimum Gasteiger partial charge on any atom is -0.444 e. The first-order chi connectivity index (χ1) is 14.3. The molecular weight excluding hydrogens is 422 g/mol. The van der Waals surface area contributed by atoms with Crippen molar-refractivity contribution in [1.82, 2.24) is 15.5 Å². The molecule has 0 radical (unpaired) electrons. The molecule has 0 saturated carbocycles. The van der Waals surface area contributed by atoms with Crippen molar-refractivity contribution < 1.29 is 13.9 Å². The number of aromatic nitrogens is 2. The highest BCUT2D eigenvalue weighted by atomic mass is 35.5. The van der Waals surface area contributed by atoms with Crippen LogP contribution in [0.25, 0.3) is 0 Å². The van der Waals surface area contributed by atoms with E-state index in [9.17, 15) is 4.79 Å². The lowest BCUT2D eigenvalue weighted by Gasteiger charge is -2.22. The number of hydrogen-bond donors (Lipinski definition) is 1. The fourth-order valence-electron chi connectivity index (χ4n) is 2.67. The van der Waals surface area contributed by atoms with Crippen molar-refractivity contribution in [3.8, 4) is 0 Å². The van der Waals surface area contributed by atoms with Gasteiger partial charge in [0.25, 0.3) is 5.22 Å². The highest BCUT2D eigenvalue weighted by Gasteiger charge is 2.25. The Labute approximate surface area is 185 Å². The Morgan fingerprint density at radius 3 is 2.53 bits per heavy atom. The summed E-state index contributed by atoms with van der Waals surface area (Å²) < 4.78 is 11.2. The molecule has 1 amide bonds. The third-order valence-corrected chi connectivity index (χ3v) is 5.24. The first-order valence-electron chi connectivity index (χ1n) is 9.53. The van der Waals surface area contributed by atoms with Crippen molar-refractivity contribution >= 4 is 29.5 Å². The first kappa shape index (κ1) is 22.2. The second-order valence-electron chi connectivity index (χ2n) is 7.67. The maximum absolute atomic E-state index is 12.3. The van der Waals surface area contributed by atoms with Gasteiger partial charge in [-0.25, -0.2) is 4.79 Å². The molecule has 3 rings (SSSR count). The van der Waals surface area contributed by atoms with Crippen LogP contribution in [0.1, 0.15) is 43.8 Å². The van der Waals surface area contributed by atoms with E-state index in [0.29, 0.717) is 28.3 Å². The van der Waals surface area contributed by atoms with Crippen LogP contribution in [0.3, 0.4) is 0 Å². The highest BCUT2D eigenvalue weighted by Crippen LogP contribution is 2.27. The number of carbonyl (C=O) groups excluding carboxylic acids is 1. The Bertz CT molecular complexity index is 973. The lowest BCUT2D eigenvalue weighted by atomic mass is 10.1. The van der Waals surface area contributed by atoms with E-state index in [1.54, 1.807) is 0 Å². The van der Waals surface area contributed by atoms with E-state index in [1.165, 1.54) is 11.8 Å². The summed E-state index contributed by atoms with van der Waals surface area (Å²) in [4.78, 5) is 12.3. The van der Waals surface area contributed by atoms with Crippen molar-refractivity contribution in [2.45, 2.75) is 49.8 Å². The molecule has 1 heterocycles. The lowest BCUT2D eigenvalue weighted by molar-refractivity contribution is 0.0494. The van der Waals surface area contributed by atoms with Gasteiger partial charge in [0.15, 0.2) is 0 Å². The molecule has 0 unspecified atom stereocenters. The van der Waals surface area contributed by atoms with E-state index < -0.39 is 17.7 Å². The number of nitrogens with zero attached hydrogens (tertiary/aromatic N) is 2. The number of rotatable bonds is 7. The summed E-state index contributed by atoms with van der Waals surface area (Å²) in [5, 5.41) is 12.2. The van der Waals surface area contributed by atoms with E-state index in [2.05, 4.69) is 15.5 Å². The number of carbonyl (C=O) groups is 1. The van der Waals surface area contributed by atoms with Crippen LogP contribution in [0.15, 0.2) is 64.2 Å². The van der Waals surface area contributed by atoms with E-state index in [1.807, 2.05) is 75.4 Å². The maximum Gasteiger partial charge on any atom is 0.408 e. The normalized spacial score (nSPS) is 12.4. The van der Waals surface area contributed by atoms with Gasteiger partial charge < -0.3 is 14.5 Å². The maximum atomic E-state index is 12.3. The number of ether oxygens (including phenoxy) is 1. The van der Waals surface area contributed by atoms with Crippen molar-refractivity contribution in [1.29, 1.82) is 0 Å². The SMILES string of the molecule is CC(C)(C)OC(=O)N[C@@H](Cc1ccccc1)c1nnc(SCc2ccccc2Cl)o1. The predicted octanol–water partition coefficient (Wildman–Crippen LogP) is 5.82. The van der Waals surface area contributed by atoms with Gasteiger partial charge in [-0.1, -0.05) is 71.9 Å². The Hall–Kier alpha value is -2.51. The summed E-state index contributed by atoms with van der Waals surface area (Å²) >= 11 is 7.60. The molecule has 30 heavy (non-hydrogen) atoms. The summed E-state index contributed by atoms with van der Waals surface area (Å²) in [6.45, 7) is 5.44. The van der Waals surface area contributed by atoms with Crippen LogP contribution in [-0.2, 0) is 16.9 Å². The molecule has 1 N–H and O–H groups in total. The monoisotopic (exact) mass is 445 g/mol. The second kappa shape index (κ2) is 10.00. The van der Waals surface area contributed by atoms with E-state index in [-0.39, 0.29) is 0 Å². The van der Waals surface area contributed by atoms with Gasteiger partial charge in [-0.05, 0) is 38.0 Å². The lowest BCUT2D eigenvalue weighted by Crippen LogP contribution is -2.36. The fraction of sp³-hybridized carbons (Fsp3) is 0.318. The molecule has 0 spiro atoms. The Morgan fingerprint density at radius 1 is 1.13 bits per heavy atom. The van der Waals surface area contributed by atoms with E-state index in [0.717, 1.165) is 11.1 Å². The zero-order valence-electron chi connectivity index (χ0n) is 17.1. The van der Waals surface area contributed by atoms with Crippen LogP contribution in [0, 0.1) is 0 Å². The topological polar surface area (TPSA) is 77.2 Å². The van der Waals surface area contributed by atoms with Crippen LogP contribution >= 0.6 is 23.4 Å². The van der Waals surface area contributed by atoms with Crippen LogP contribution in [-0.4, -0.2) is 21.9 Å². The third kappa shape index (κ3) is 6.78. The van der Waals surface area contributed by atoms with Gasteiger partial charge in [-0.3, -0.25) is 0 Å². The van der Waals surface area contributed by atoms with Crippen molar-refractivity contribution in [3.63, 3.8) is 0 Å². The average molecular weight is 446 g/mol. The number of halogens is 1. The van der Waals surface area contributed by atoms with Crippen molar-refractivity contribution in [3.05, 3.63) is 76.6 Å². The minimum absolute atomic E-state index is 0.325. The first-order valence-corrected chi connectivity index (χ1v) is 10.9. The zero-order valence-corrected chi connectivity index (χ0v) is 18.7. The summed E-state index contributed by atoms with van der Waals surface area (Å²) in [5.41, 5.74) is 1.41. The Balaban J connectivity index is 1.72. The van der Waals surface area contributed by atoms with Crippen molar-refractivity contribution in [2.75, 3.05) is 0 Å². The molecule has 0 aliphatic heterocycles. The van der Waals surface area contributed by atoms with Gasteiger partial charge in [-0.15, -0.1) is 10.2 Å². The molecule has 0 saturated heterocycles. The van der Waals surface area contributed by atoms with Gasteiger partial charge in [0, 0.05) is 17.2 Å². The Morgan fingerprint density at radius 2 is 1.83 bits per heavy atom. The quantitative estimate of drug-likeness (QED) is 0.461. The van der Waals surface area contributed by atoms with Gasteiger partial charge in [0.05, 0.1) is 0 Å². The zero-order chi connectivity index (χ0) is 21.6. The molecule has 1 atom stereocenters. The highest BCUT2D eigenvalue weighted by molar-refractivity contribution is 7.98. The van der Waals surface area contributed by atoms with Crippen molar-refractivity contribution in [2.24, 2.45) is 0 Å². The van der Waals surface area contributed by atoms with Gasteiger partial charge in [0.2, 0.25) is 5.89 Å². The summed E-state index contributed by atoms with van der Waals surface area (Å²) in [7, 11) is 0. The summed E-state index contributed by atoms with van der Waals surface area (Å²) in [6, 6.07) is 16.9. The number of benzene rings is 2. The Kier molecular flexibility index (Phi) is 7.39. The van der Waals surface area contributed by atoms with E-state index >= 15 is 0 Å². The molecule has 2 aromatic carbocycles. The second-order valence-corrected chi connectivity index (χ2v) is 9.01. The molecule has 1 aromatic heterocycles. The minimum atomic E-state index is -0.605. The number of amides is 1. The summed E-state index contributed by atoms with van der Waals surface area (Å²) in [5.74, 6) is 0.927. The van der Waals surface area contributed by atoms with E-state index in [4.69, 9.17) is 20.8 Å². The smallest absolute Gasteiger partial charge is 0.408 e. The molecule has 0 bridgehead atoms. The molecule has 0 fully saturated rings. The van der Waals surface area contributed by atoms with Crippen LogP contribution in [0.4, 0.5) is 4.79 Å². The summed E-state index contributed by atoms with van der Waals surface area (Å²) in [6.07, 6.45) is -0.0384. The van der Waals surface area contributed by atoms with Crippen LogP contribution in [0.5, 0.6) is 0 Å². The van der Waals surface area contributed by atoms with Gasteiger partial charge in [-0.2, -0.15) is 0 Å². The predicted molar refractivity (Wildman–Crippen MR) is 118 cm³/mol. The number of hydrogen-bond acceptors (Lipinski definition) is 6. The third-order valence-electron chi connectivity index (χ3n) is 4.00. The molecule has 0 aliphatic carbocycles. The fourth-order valence-corrected chi connectivity index (χ4v) is 3.73. The number of thioether (sulfide) groups is 1. The molecule has 6 nitrogen and oxygen atoms in total. The molecule has 158 valence electrons. The molecule has 8 heteroatoms.